The molecule has 2 amide bonds. The number of aliphatic hydroxyl groups is 2. The lowest BCUT2D eigenvalue weighted by Crippen LogP contribution is -2.52. The van der Waals surface area contributed by atoms with Crippen molar-refractivity contribution < 1.29 is 19.8 Å². The lowest BCUT2D eigenvalue weighted by molar-refractivity contribution is -0.121. The average molecular weight is 476 g/mol. The second-order valence-electron chi connectivity index (χ2n) is 8.17. The smallest absolute Gasteiger partial charge is 0.255 e. The quantitative estimate of drug-likeness (QED) is 0.512. The van der Waals surface area contributed by atoms with Gasteiger partial charge in [0.1, 0.15) is 0 Å². The molecule has 4 N–H and O–H groups in total. The molecule has 2 fully saturated rings. The van der Waals surface area contributed by atoms with Crippen LogP contribution in [0.2, 0.25) is 0 Å². The molecule has 0 spiro atoms. The molecule has 0 radical (unpaired) electrons. The van der Waals surface area contributed by atoms with Crippen LogP contribution in [0.5, 0.6) is 0 Å². The normalized spacial score (nSPS) is 26.1. The Morgan fingerprint density at radius 3 is 1.81 bits per heavy atom. The fraction of sp³-hybridized carbons (Fsp3) is 0.429. The summed E-state index contributed by atoms with van der Waals surface area (Å²) in [6.07, 6.45) is 0. The summed E-state index contributed by atoms with van der Waals surface area (Å²) in [6, 6.07) is 7.44. The second-order valence-corrected chi connectivity index (χ2v) is 10.5. The molecule has 2 saturated heterocycles. The highest BCUT2D eigenvalue weighted by Gasteiger charge is 2.46. The molecule has 2 atom stereocenters. The Morgan fingerprint density at radius 2 is 1.38 bits per heavy atom. The first kappa shape index (κ1) is 21.2. The highest BCUT2D eigenvalue weighted by atomic mass is 32.2. The minimum Gasteiger partial charge on any atom is -0.494 e. The SMILES string of the molecule is CN(C)c1ccc(C(C2=C(O)N3CCSC3NC2=O)C2=C(O)N3CCSC3NC2=O)cc1. The predicted molar refractivity (Wildman–Crippen MR) is 125 cm³/mol. The van der Waals surface area contributed by atoms with Gasteiger partial charge in [-0.25, -0.2) is 0 Å². The highest BCUT2D eigenvalue weighted by Crippen LogP contribution is 2.43. The number of hydrogen-bond acceptors (Lipinski definition) is 9. The number of nitrogens with one attached hydrogen (secondary N) is 2. The van der Waals surface area contributed by atoms with Gasteiger partial charge in [0, 0.05) is 44.4 Å². The van der Waals surface area contributed by atoms with Crippen molar-refractivity contribution in [3.63, 3.8) is 0 Å². The molecular weight excluding hydrogens is 450 g/mol. The second kappa shape index (κ2) is 8.04. The third-order valence-electron chi connectivity index (χ3n) is 6.13. The summed E-state index contributed by atoms with van der Waals surface area (Å²) in [6.45, 7) is 1.17. The summed E-state index contributed by atoms with van der Waals surface area (Å²) >= 11 is 3.08. The summed E-state index contributed by atoms with van der Waals surface area (Å²) in [4.78, 5) is 31.8. The van der Waals surface area contributed by atoms with Crippen LogP contribution in [0.1, 0.15) is 11.5 Å². The molecule has 5 rings (SSSR count). The number of fused-ring (bicyclic) bond motifs is 2. The van der Waals surface area contributed by atoms with Crippen LogP contribution in [-0.2, 0) is 9.59 Å². The first-order chi connectivity index (χ1) is 15.4. The Bertz CT molecular complexity index is 970. The number of aliphatic hydroxyl groups excluding tert-OH is 2. The summed E-state index contributed by atoms with van der Waals surface area (Å²) in [5, 5.41) is 28.1. The number of nitrogens with zero attached hydrogens (tertiary/aromatic N) is 3. The predicted octanol–water partition coefficient (Wildman–Crippen LogP) is 1.30. The van der Waals surface area contributed by atoms with E-state index in [1.54, 1.807) is 33.3 Å². The maximum atomic E-state index is 13.2. The molecule has 4 aliphatic rings. The van der Waals surface area contributed by atoms with E-state index < -0.39 is 17.7 Å². The van der Waals surface area contributed by atoms with E-state index in [0.717, 1.165) is 17.2 Å². The van der Waals surface area contributed by atoms with E-state index in [9.17, 15) is 19.8 Å². The van der Waals surface area contributed by atoms with Crippen LogP contribution in [0.3, 0.4) is 0 Å². The number of amides is 2. The summed E-state index contributed by atoms with van der Waals surface area (Å²) in [5.74, 6) is -0.550. The van der Waals surface area contributed by atoms with Gasteiger partial charge in [0.2, 0.25) is 0 Å². The topological polar surface area (TPSA) is 108 Å². The average Bonchev–Trinajstić information content (AvgIpc) is 3.42. The third kappa shape index (κ3) is 3.34. The van der Waals surface area contributed by atoms with Gasteiger partial charge in [0.05, 0.1) is 17.1 Å². The van der Waals surface area contributed by atoms with Gasteiger partial charge >= 0.3 is 0 Å². The first-order valence-corrected chi connectivity index (χ1v) is 12.5. The van der Waals surface area contributed by atoms with E-state index in [1.165, 1.54) is 0 Å². The summed E-state index contributed by atoms with van der Waals surface area (Å²) < 4.78 is 0. The monoisotopic (exact) mass is 475 g/mol. The molecule has 11 heteroatoms. The molecule has 9 nitrogen and oxygen atoms in total. The van der Waals surface area contributed by atoms with E-state index in [1.807, 2.05) is 43.3 Å². The van der Waals surface area contributed by atoms with Gasteiger partial charge in [-0.05, 0) is 17.7 Å². The van der Waals surface area contributed by atoms with Crippen molar-refractivity contribution in [1.29, 1.82) is 0 Å². The van der Waals surface area contributed by atoms with Crippen LogP contribution in [-0.4, -0.2) is 81.5 Å². The molecule has 32 heavy (non-hydrogen) atoms. The van der Waals surface area contributed by atoms with Crippen LogP contribution < -0.4 is 15.5 Å². The van der Waals surface area contributed by atoms with Gasteiger partial charge in [0.25, 0.3) is 11.8 Å². The fourth-order valence-corrected chi connectivity index (χ4v) is 6.67. The number of thioether (sulfide) groups is 2. The zero-order chi connectivity index (χ0) is 22.6. The van der Waals surface area contributed by atoms with Crippen molar-refractivity contribution in [2.45, 2.75) is 16.9 Å². The molecule has 0 aromatic heterocycles. The maximum absolute atomic E-state index is 13.2. The van der Waals surface area contributed by atoms with Crippen LogP contribution in [0, 0.1) is 0 Å². The zero-order valence-corrected chi connectivity index (χ0v) is 19.4. The van der Waals surface area contributed by atoms with Crippen LogP contribution >= 0.6 is 23.5 Å². The van der Waals surface area contributed by atoms with Gasteiger partial charge in [-0.15, -0.1) is 23.5 Å². The van der Waals surface area contributed by atoms with Crippen molar-refractivity contribution >= 4 is 41.0 Å². The Balaban J connectivity index is 1.68. The standard InChI is InChI=1S/C21H25N5O4S2/c1-24(2)12-5-3-11(4-6-12)13(14-16(27)22-20-25(18(14)29)7-9-31-20)15-17(28)23-21-26(19(15)30)8-10-32-21/h3-6,13,20-21,29-30H,7-10H2,1-2H3,(H,22,27)(H,23,28). The fourth-order valence-electron chi connectivity index (χ4n) is 4.47. The number of benzene rings is 1. The minimum atomic E-state index is -0.927. The third-order valence-corrected chi connectivity index (χ3v) is 8.34. The first-order valence-electron chi connectivity index (χ1n) is 10.4. The number of carbonyl (C=O) groups is 2. The molecule has 4 heterocycles. The Labute approximate surface area is 194 Å². The van der Waals surface area contributed by atoms with Gasteiger partial charge in [-0.1, -0.05) is 12.1 Å². The molecule has 0 saturated carbocycles. The Morgan fingerprint density at radius 1 is 0.906 bits per heavy atom. The molecule has 170 valence electrons. The van der Waals surface area contributed by atoms with Crippen molar-refractivity contribution in [2.75, 3.05) is 43.6 Å². The van der Waals surface area contributed by atoms with Crippen molar-refractivity contribution in [3.05, 3.63) is 52.7 Å². The van der Waals surface area contributed by atoms with Gasteiger partial charge in [-0.2, -0.15) is 0 Å². The van der Waals surface area contributed by atoms with Crippen molar-refractivity contribution in [3.8, 4) is 0 Å². The zero-order valence-electron chi connectivity index (χ0n) is 17.7. The number of anilines is 1. The molecular formula is C21H25N5O4S2. The molecule has 2 unspecified atom stereocenters. The van der Waals surface area contributed by atoms with E-state index in [2.05, 4.69) is 10.6 Å². The van der Waals surface area contributed by atoms with Crippen LogP contribution in [0.15, 0.2) is 47.2 Å². The number of rotatable bonds is 4. The van der Waals surface area contributed by atoms with E-state index in [4.69, 9.17) is 0 Å². The van der Waals surface area contributed by atoms with Crippen LogP contribution in [0.25, 0.3) is 0 Å². The largest absolute Gasteiger partial charge is 0.494 e. The summed E-state index contributed by atoms with van der Waals surface area (Å²) in [5.41, 5.74) is 1.08. The van der Waals surface area contributed by atoms with Crippen molar-refractivity contribution in [1.82, 2.24) is 20.4 Å². The van der Waals surface area contributed by atoms with E-state index >= 15 is 0 Å². The lowest BCUT2D eigenvalue weighted by atomic mass is 9.82. The molecule has 0 aliphatic carbocycles. The highest BCUT2D eigenvalue weighted by molar-refractivity contribution is 8.00. The molecule has 0 bridgehead atoms. The lowest BCUT2D eigenvalue weighted by Gasteiger charge is -2.38. The van der Waals surface area contributed by atoms with E-state index in [-0.39, 0.29) is 33.9 Å². The van der Waals surface area contributed by atoms with Crippen molar-refractivity contribution in [2.24, 2.45) is 0 Å². The number of hydrogen-bond donors (Lipinski definition) is 4. The van der Waals surface area contributed by atoms with Gasteiger partial charge < -0.3 is 35.5 Å². The van der Waals surface area contributed by atoms with E-state index in [0.29, 0.717) is 18.7 Å². The molecule has 4 aliphatic heterocycles. The van der Waals surface area contributed by atoms with Crippen LogP contribution in [0.4, 0.5) is 5.69 Å². The Hall–Kier alpha value is -2.66. The Kier molecular flexibility index (Phi) is 5.32. The van der Waals surface area contributed by atoms with Gasteiger partial charge in [-0.3, -0.25) is 9.59 Å². The molecule has 1 aromatic rings. The van der Waals surface area contributed by atoms with Gasteiger partial charge in [0.15, 0.2) is 22.8 Å². The maximum Gasteiger partial charge on any atom is 0.255 e. The molecule has 1 aromatic carbocycles. The summed E-state index contributed by atoms with van der Waals surface area (Å²) in [7, 11) is 3.85. The number of carbonyl (C=O) groups excluding carboxylic acids is 2. The minimum absolute atomic E-state index is 0.0725.